The molecular formula is C23H21ClN2O5S. The van der Waals surface area contributed by atoms with E-state index in [2.05, 4.69) is 0 Å². The molecule has 0 atom stereocenters. The molecule has 0 bridgehead atoms. The molecule has 0 radical (unpaired) electrons. The van der Waals surface area contributed by atoms with Crippen molar-refractivity contribution < 1.29 is 22.7 Å². The minimum absolute atomic E-state index is 0.126. The van der Waals surface area contributed by atoms with E-state index in [1.165, 1.54) is 6.07 Å². The molecule has 7 nitrogen and oxygen atoms in total. The molecule has 0 aliphatic heterocycles. The SMILES string of the molecule is COc1ccc(C(=O)c2cccn2C/C=C/c2ccc(Cl)cc2C(=O)NS(C)(=O)=O)cc1. The highest BCUT2D eigenvalue weighted by Crippen LogP contribution is 2.19. The third-order valence-electron chi connectivity index (χ3n) is 4.55. The second-order valence-corrected chi connectivity index (χ2v) is 9.13. The first-order valence-electron chi connectivity index (χ1n) is 9.50. The zero-order valence-corrected chi connectivity index (χ0v) is 19.0. The molecule has 0 unspecified atom stereocenters. The minimum atomic E-state index is -3.72. The fourth-order valence-electron chi connectivity index (χ4n) is 3.06. The first kappa shape index (κ1) is 23.3. The van der Waals surface area contributed by atoms with E-state index in [9.17, 15) is 18.0 Å². The Balaban J connectivity index is 1.80. The largest absolute Gasteiger partial charge is 0.497 e. The van der Waals surface area contributed by atoms with Crippen molar-refractivity contribution in [3.05, 3.63) is 94.3 Å². The van der Waals surface area contributed by atoms with E-state index in [0.29, 0.717) is 34.1 Å². The van der Waals surface area contributed by atoms with E-state index < -0.39 is 15.9 Å². The van der Waals surface area contributed by atoms with Gasteiger partial charge in [0.2, 0.25) is 15.8 Å². The maximum atomic E-state index is 12.9. The van der Waals surface area contributed by atoms with Crippen molar-refractivity contribution in [1.82, 2.24) is 9.29 Å². The number of rotatable bonds is 8. The number of nitrogens with one attached hydrogen (secondary N) is 1. The molecule has 2 aromatic carbocycles. The summed E-state index contributed by atoms with van der Waals surface area (Å²) in [5.74, 6) is -0.240. The lowest BCUT2D eigenvalue weighted by Gasteiger charge is -2.08. The molecule has 1 N–H and O–H groups in total. The Kier molecular flexibility index (Phi) is 7.17. The molecule has 0 fully saturated rings. The van der Waals surface area contributed by atoms with E-state index in [4.69, 9.17) is 16.3 Å². The first-order chi connectivity index (χ1) is 15.2. The van der Waals surface area contributed by atoms with E-state index in [0.717, 1.165) is 6.26 Å². The molecule has 3 aromatic rings. The summed E-state index contributed by atoms with van der Waals surface area (Å²) in [4.78, 5) is 25.2. The number of carbonyl (C=O) groups is 2. The number of aromatic nitrogens is 1. The van der Waals surface area contributed by atoms with Crippen LogP contribution in [0.15, 0.2) is 66.9 Å². The van der Waals surface area contributed by atoms with Crippen molar-refractivity contribution in [1.29, 1.82) is 0 Å². The highest BCUT2D eigenvalue weighted by atomic mass is 35.5. The van der Waals surface area contributed by atoms with Crippen molar-refractivity contribution in [2.75, 3.05) is 13.4 Å². The van der Waals surface area contributed by atoms with Gasteiger partial charge in [-0.3, -0.25) is 9.59 Å². The molecule has 0 aliphatic carbocycles. The van der Waals surface area contributed by atoms with Crippen LogP contribution in [-0.2, 0) is 16.6 Å². The van der Waals surface area contributed by atoms with Crippen LogP contribution in [0.5, 0.6) is 5.75 Å². The third-order valence-corrected chi connectivity index (χ3v) is 5.34. The number of ether oxygens (including phenoxy) is 1. The van der Waals surface area contributed by atoms with Gasteiger partial charge in [-0.15, -0.1) is 0 Å². The van der Waals surface area contributed by atoms with Gasteiger partial charge in [-0.25, -0.2) is 13.1 Å². The number of benzene rings is 2. The predicted molar refractivity (Wildman–Crippen MR) is 124 cm³/mol. The Labute approximate surface area is 191 Å². The number of hydrogen-bond acceptors (Lipinski definition) is 5. The molecule has 1 amide bonds. The zero-order valence-electron chi connectivity index (χ0n) is 17.4. The van der Waals surface area contributed by atoms with Crippen LogP contribution in [0.4, 0.5) is 0 Å². The summed E-state index contributed by atoms with van der Waals surface area (Å²) in [7, 11) is -2.16. The highest BCUT2D eigenvalue weighted by molar-refractivity contribution is 7.89. The minimum Gasteiger partial charge on any atom is -0.497 e. The number of ketones is 1. The topological polar surface area (TPSA) is 94.5 Å². The van der Waals surface area contributed by atoms with Gasteiger partial charge in [0.1, 0.15) is 5.75 Å². The van der Waals surface area contributed by atoms with Crippen molar-refractivity contribution in [2.45, 2.75) is 6.54 Å². The van der Waals surface area contributed by atoms with Crippen molar-refractivity contribution in [3.8, 4) is 5.75 Å². The van der Waals surface area contributed by atoms with Crippen LogP contribution in [-0.4, -0.2) is 38.0 Å². The number of amides is 1. The Morgan fingerprint density at radius 2 is 1.84 bits per heavy atom. The van der Waals surface area contributed by atoms with Crippen LogP contribution in [0, 0.1) is 0 Å². The Morgan fingerprint density at radius 3 is 2.50 bits per heavy atom. The van der Waals surface area contributed by atoms with Gasteiger partial charge in [-0.2, -0.15) is 0 Å². The third kappa shape index (κ3) is 5.87. The Hall–Kier alpha value is -3.36. The standard InChI is InChI=1S/C23H21ClN2O5S/c1-31-19-11-8-17(9-12-19)22(27)21-6-4-14-26(21)13-3-5-16-7-10-18(24)15-20(16)23(28)25-32(2,29)30/h3-12,14-15H,13H2,1-2H3,(H,25,28)/b5-3+. The van der Waals surface area contributed by atoms with Gasteiger partial charge in [0.05, 0.1) is 19.1 Å². The maximum Gasteiger partial charge on any atom is 0.265 e. The van der Waals surface area contributed by atoms with Gasteiger partial charge in [0.25, 0.3) is 5.91 Å². The average Bonchev–Trinajstić information content (AvgIpc) is 3.21. The molecule has 9 heteroatoms. The Bertz CT molecular complexity index is 1280. The zero-order chi connectivity index (χ0) is 23.3. The number of allylic oxidation sites excluding steroid dienone is 1. The monoisotopic (exact) mass is 472 g/mol. The number of nitrogens with zero attached hydrogens (tertiary/aromatic N) is 1. The number of methoxy groups -OCH3 is 1. The molecule has 32 heavy (non-hydrogen) atoms. The smallest absolute Gasteiger partial charge is 0.265 e. The lowest BCUT2D eigenvalue weighted by molar-refractivity contribution is 0.0980. The molecule has 0 saturated carbocycles. The first-order valence-corrected chi connectivity index (χ1v) is 11.8. The molecule has 0 aliphatic rings. The molecule has 166 valence electrons. The van der Waals surface area contributed by atoms with E-state index >= 15 is 0 Å². The van der Waals surface area contributed by atoms with Gasteiger partial charge >= 0.3 is 0 Å². The predicted octanol–water partition coefficient (Wildman–Crippen LogP) is 3.78. The van der Waals surface area contributed by atoms with Crippen LogP contribution in [0.2, 0.25) is 5.02 Å². The summed E-state index contributed by atoms with van der Waals surface area (Å²) >= 11 is 5.98. The molecular weight excluding hydrogens is 452 g/mol. The van der Waals surface area contributed by atoms with Crippen LogP contribution < -0.4 is 9.46 Å². The van der Waals surface area contributed by atoms with E-state index in [-0.39, 0.29) is 11.3 Å². The lowest BCUT2D eigenvalue weighted by Crippen LogP contribution is -2.29. The fraction of sp³-hybridized carbons (Fsp3) is 0.130. The van der Waals surface area contributed by atoms with Gasteiger partial charge < -0.3 is 9.30 Å². The molecule has 1 heterocycles. The second-order valence-electron chi connectivity index (χ2n) is 6.94. The van der Waals surface area contributed by atoms with Crippen LogP contribution in [0.3, 0.4) is 0 Å². The van der Waals surface area contributed by atoms with Crippen molar-refractivity contribution >= 4 is 39.4 Å². The fourth-order valence-corrected chi connectivity index (χ4v) is 3.68. The normalized spacial score (nSPS) is 11.5. The molecule has 0 saturated heterocycles. The number of halogens is 1. The average molecular weight is 473 g/mol. The van der Waals surface area contributed by atoms with Crippen molar-refractivity contribution in [2.24, 2.45) is 0 Å². The maximum absolute atomic E-state index is 12.9. The van der Waals surface area contributed by atoms with Gasteiger partial charge in [0, 0.05) is 28.9 Å². The lowest BCUT2D eigenvalue weighted by atomic mass is 10.1. The molecule has 1 aromatic heterocycles. The van der Waals surface area contributed by atoms with Gasteiger partial charge in [-0.1, -0.05) is 29.8 Å². The van der Waals surface area contributed by atoms with Gasteiger partial charge in [-0.05, 0) is 54.1 Å². The Morgan fingerprint density at radius 1 is 1.12 bits per heavy atom. The number of carbonyl (C=O) groups excluding carboxylic acids is 2. The van der Waals surface area contributed by atoms with Crippen LogP contribution >= 0.6 is 11.6 Å². The van der Waals surface area contributed by atoms with Gasteiger partial charge in [0.15, 0.2) is 0 Å². The molecule has 3 rings (SSSR count). The summed E-state index contributed by atoms with van der Waals surface area (Å²) < 4.78 is 31.7. The summed E-state index contributed by atoms with van der Waals surface area (Å²) in [6.45, 7) is 0.361. The second kappa shape index (κ2) is 9.84. The number of sulfonamides is 1. The summed E-state index contributed by atoms with van der Waals surface area (Å²) in [5.41, 5.74) is 1.66. The summed E-state index contributed by atoms with van der Waals surface area (Å²) in [5, 5.41) is 0.304. The van der Waals surface area contributed by atoms with Crippen LogP contribution in [0.1, 0.15) is 32.0 Å². The summed E-state index contributed by atoms with van der Waals surface area (Å²) in [6, 6.07) is 15.0. The van der Waals surface area contributed by atoms with Crippen molar-refractivity contribution in [3.63, 3.8) is 0 Å². The quantitative estimate of drug-likeness (QED) is 0.503. The van der Waals surface area contributed by atoms with E-state index in [1.807, 2.05) is 4.72 Å². The molecule has 0 spiro atoms. The highest BCUT2D eigenvalue weighted by Gasteiger charge is 2.15. The van der Waals surface area contributed by atoms with Crippen LogP contribution in [0.25, 0.3) is 6.08 Å². The number of hydrogen-bond donors (Lipinski definition) is 1. The van der Waals surface area contributed by atoms with E-state index in [1.54, 1.807) is 78.6 Å². The summed E-state index contributed by atoms with van der Waals surface area (Å²) in [6.07, 6.45) is 6.12.